The van der Waals surface area contributed by atoms with E-state index in [1.807, 2.05) is 41.5 Å². The average molecular weight is 635 g/mol. The SMILES string of the molecule is CC(=O)O[C@H]1CC[C@]2(C)[C@H](CC[C@](C)(OC(C)=O)[C@H]2CC[C@H]2[C@]3(C)CCC(=O)C(C)(C)O[C@H]3CC[C@@]2(C)OC(C)=O)OC1(C)C. The molecular formula is C36H58O9. The molecule has 9 atom stereocenters. The summed E-state index contributed by atoms with van der Waals surface area (Å²) in [4.78, 5) is 50.2. The first-order valence-electron chi connectivity index (χ1n) is 17.0. The maximum atomic E-state index is 13.1. The lowest BCUT2D eigenvalue weighted by molar-refractivity contribution is -0.228. The predicted octanol–water partition coefficient (Wildman–Crippen LogP) is 6.66. The molecule has 0 amide bonds. The molecule has 0 N–H and O–H groups in total. The topological polar surface area (TPSA) is 114 Å². The summed E-state index contributed by atoms with van der Waals surface area (Å²) >= 11 is 0. The van der Waals surface area contributed by atoms with E-state index < -0.39 is 33.9 Å². The Labute approximate surface area is 270 Å². The second kappa shape index (κ2) is 12.2. The molecule has 4 fully saturated rings. The van der Waals surface area contributed by atoms with Gasteiger partial charge in [-0.2, -0.15) is 0 Å². The number of esters is 3. The smallest absolute Gasteiger partial charge is 0.303 e. The number of ketones is 1. The van der Waals surface area contributed by atoms with E-state index in [-0.39, 0.29) is 53.1 Å². The van der Waals surface area contributed by atoms with E-state index in [1.165, 1.54) is 20.8 Å². The first-order valence-corrected chi connectivity index (χ1v) is 17.0. The van der Waals surface area contributed by atoms with Crippen LogP contribution in [0.25, 0.3) is 0 Å². The van der Waals surface area contributed by atoms with Gasteiger partial charge in [0.15, 0.2) is 5.78 Å². The summed E-state index contributed by atoms with van der Waals surface area (Å²) in [6, 6.07) is 0. The highest BCUT2D eigenvalue weighted by molar-refractivity contribution is 5.86. The van der Waals surface area contributed by atoms with Crippen molar-refractivity contribution in [2.24, 2.45) is 22.7 Å². The minimum absolute atomic E-state index is 0.0881. The van der Waals surface area contributed by atoms with Gasteiger partial charge in [-0.05, 0) is 99.3 Å². The molecule has 2 aliphatic heterocycles. The number of fused-ring (bicyclic) bond motifs is 2. The van der Waals surface area contributed by atoms with Gasteiger partial charge in [-0.3, -0.25) is 19.2 Å². The summed E-state index contributed by atoms with van der Waals surface area (Å²) in [5.74, 6) is -1.06. The lowest BCUT2D eigenvalue weighted by Gasteiger charge is -2.58. The van der Waals surface area contributed by atoms with Crippen LogP contribution >= 0.6 is 0 Å². The van der Waals surface area contributed by atoms with Crippen molar-refractivity contribution in [3.63, 3.8) is 0 Å². The zero-order valence-electron chi connectivity index (χ0n) is 29.6. The molecule has 0 radical (unpaired) electrons. The van der Waals surface area contributed by atoms with Gasteiger partial charge in [0, 0.05) is 49.9 Å². The molecule has 2 aliphatic carbocycles. The number of ether oxygens (including phenoxy) is 5. The maximum absolute atomic E-state index is 13.1. The van der Waals surface area contributed by atoms with Gasteiger partial charge in [0.1, 0.15) is 22.9 Å². The second-order valence-electron chi connectivity index (χ2n) is 16.5. The van der Waals surface area contributed by atoms with Crippen LogP contribution in [0.15, 0.2) is 0 Å². The third-order valence-electron chi connectivity index (χ3n) is 12.3. The van der Waals surface area contributed by atoms with E-state index >= 15 is 0 Å². The van der Waals surface area contributed by atoms with Crippen LogP contribution in [0, 0.1) is 22.7 Å². The lowest BCUT2D eigenvalue weighted by atomic mass is 9.53. The molecule has 45 heavy (non-hydrogen) atoms. The zero-order valence-corrected chi connectivity index (χ0v) is 29.6. The Bertz CT molecular complexity index is 1180. The van der Waals surface area contributed by atoms with Gasteiger partial charge in [0.05, 0.1) is 17.8 Å². The Morgan fingerprint density at radius 1 is 0.667 bits per heavy atom. The third-order valence-corrected chi connectivity index (χ3v) is 12.3. The molecule has 0 aromatic rings. The van der Waals surface area contributed by atoms with E-state index in [2.05, 4.69) is 13.8 Å². The van der Waals surface area contributed by atoms with Crippen LogP contribution in [0.2, 0.25) is 0 Å². The molecule has 4 rings (SSSR count). The predicted molar refractivity (Wildman–Crippen MR) is 168 cm³/mol. The average Bonchev–Trinajstić information content (AvgIpc) is 3.04. The summed E-state index contributed by atoms with van der Waals surface area (Å²) in [7, 11) is 0. The third kappa shape index (κ3) is 6.86. The monoisotopic (exact) mass is 634 g/mol. The van der Waals surface area contributed by atoms with Gasteiger partial charge < -0.3 is 23.7 Å². The number of hydrogen-bond donors (Lipinski definition) is 0. The number of Topliss-reactive ketones (excluding diaryl/α,β-unsaturated/α-hetero) is 1. The molecule has 4 aliphatic rings. The molecule has 2 heterocycles. The molecule has 2 saturated heterocycles. The van der Waals surface area contributed by atoms with Crippen LogP contribution in [0.1, 0.15) is 140 Å². The Morgan fingerprint density at radius 3 is 1.60 bits per heavy atom. The summed E-state index contributed by atoms with van der Waals surface area (Å²) in [5, 5.41) is 0. The normalized spacial score (nSPS) is 42.6. The van der Waals surface area contributed by atoms with Gasteiger partial charge in [-0.1, -0.05) is 13.8 Å². The Morgan fingerprint density at radius 2 is 1.13 bits per heavy atom. The van der Waals surface area contributed by atoms with E-state index in [9.17, 15) is 19.2 Å². The summed E-state index contributed by atoms with van der Waals surface area (Å²) in [5.41, 5.74) is -3.84. The summed E-state index contributed by atoms with van der Waals surface area (Å²) in [6.07, 6.45) is 5.80. The van der Waals surface area contributed by atoms with Crippen molar-refractivity contribution in [3.05, 3.63) is 0 Å². The maximum Gasteiger partial charge on any atom is 0.303 e. The standard InChI is InChI=1S/C36H58O9/c1-22(37)41-28-15-19-34(9)26(36(11,43-24(3)39)21-17-30(34)45-32(28,6)7)13-12-25-33(8)18-14-27(40)31(4,5)44-29(33)16-20-35(25,10)42-23(2)38/h25-26,28-30H,12-21H2,1-11H3/t25-,26-,28-,29-,30-,33-,34-,35+,36-/m0/s1. The van der Waals surface area contributed by atoms with Crippen molar-refractivity contribution < 1.29 is 42.9 Å². The lowest BCUT2D eigenvalue weighted by Crippen LogP contribution is -2.60. The minimum Gasteiger partial charge on any atom is -0.460 e. The van der Waals surface area contributed by atoms with E-state index in [1.54, 1.807) is 0 Å². The fraction of sp³-hybridized carbons (Fsp3) is 0.889. The molecule has 9 heteroatoms. The molecular weight excluding hydrogens is 576 g/mol. The van der Waals surface area contributed by atoms with Crippen LogP contribution in [0.5, 0.6) is 0 Å². The highest BCUT2D eigenvalue weighted by atomic mass is 16.6. The van der Waals surface area contributed by atoms with Crippen molar-refractivity contribution in [2.75, 3.05) is 0 Å². The van der Waals surface area contributed by atoms with Crippen molar-refractivity contribution in [1.29, 1.82) is 0 Å². The van der Waals surface area contributed by atoms with Gasteiger partial charge >= 0.3 is 17.9 Å². The largest absolute Gasteiger partial charge is 0.460 e. The zero-order chi connectivity index (χ0) is 33.8. The second-order valence-corrected chi connectivity index (χ2v) is 16.5. The number of hydrogen-bond acceptors (Lipinski definition) is 9. The van der Waals surface area contributed by atoms with E-state index in [0.29, 0.717) is 57.8 Å². The van der Waals surface area contributed by atoms with E-state index in [4.69, 9.17) is 23.7 Å². The molecule has 0 bridgehead atoms. The first-order chi connectivity index (χ1) is 20.6. The molecule has 0 spiro atoms. The quantitative estimate of drug-likeness (QED) is 0.234. The molecule has 0 unspecified atom stereocenters. The molecule has 2 saturated carbocycles. The van der Waals surface area contributed by atoms with Gasteiger partial charge in [-0.25, -0.2) is 0 Å². The van der Waals surface area contributed by atoms with Crippen LogP contribution in [0.4, 0.5) is 0 Å². The van der Waals surface area contributed by atoms with Gasteiger partial charge in [-0.15, -0.1) is 0 Å². The van der Waals surface area contributed by atoms with E-state index in [0.717, 1.165) is 6.42 Å². The number of carbonyl (C=O) groups is 4. The summed E-state index contributed by atoms with van der Waals surface area (Å²) in [6.45, 7) is 20.6. The van der Waals surface area contributed by atoms with Crippen molar-refractivity contribution in [3.8, 4) is 0 Å². The van der Waals surface area contributed by atoms with Crippen molar-refractivity contribution in [1.82, 2.24) is 0 Å². The highest BCUT2D eigenvalue weighted by Gasteiger charge is 2.62. The Balaban J connectivity index is 1.74. The number of rotatable bonds is 6. The van der Waals surface area contributed by atoms with Gasteiger partial charge in [0.2, 0.25) is 0 Å². The molecule has 9 nitrogen and oxygen atoms in total. The highest BCUT2D eigenvalue weighted by Crippen LogP contribution is 2.60. The fourth-order valence-corrected chi connectivity index (χ4v) is 9.99. The van der Waals surface area contributed by atoms with Crippen molar-refractivity contribution in [2.45, 2.75) is 181 Å². The molecule has 0 aromatic carbocycles. The fourth-order valence-electron chi connectivity index (χ4n) is 9.99. The van der Waals surface area contributed by atoms with Crippen molar-refractivity contribution >= 4 is 23.7 Å². The minimum atomic E-state index is -0.872. The van der Waals surface area contributed by atoms with Crippen LogP contribution in [-0.4, -0.2) is 64.4 Å². The van der Waals surface area contributed by atoms with Crippen LogP contribution < -0.4 is 0 Å². The van der Waals surface area contributed by atoms with Crippen LogP contribution in [0.3, 0.4) is 0 Å². The Hall–Kier alpha value is -2.00. The van der Waals surface area contributed by atoms with Crippen LogP contribution in [-0.2, 0) is 42.9 Å². The molecule has 0 aromatic heterocycles. The first kappa shape index (κ1) is 35.8. The Kier molecular flexibility index (Phi) is 9.74. The number of carbonyl (C=O) groups excluding carboxylic acids is 4. The summed E-state index contributed by atoms with van der Waals surface area (Å²) < 4.78 is 31.6. The molecule has 256 valence electrons. The van der Waals surface area contributed by atoms with Gasteiger partial charge in [0.25, 0.3) is 0 Å².